The largest absolute Gasteiger partial charge is 0.384 e. The molecular formula is C9H12O2S. The fourth-order valence-corrected chi connectivity index (χ4v) is 1.86. The Labute approximate surface area is 75.0 Å². The predicted octanol–water partition coefficient (Wildman–Crippen LogP) is 1.44. The molecule has 0 heterocycles. The molecule has 1 aromatic rings. The van der Waals surface area contributed by atoms with Gasteiger partial charge in [0.1, 0.15) is 0 Å². The first kappa shape index (κ1) is 9.42. The van der Waals surface area contributed by atoms with Gasteiger partial charge in [-0.05, 0) is 12.1 Å². The van der Waals surface area contributed by atoms with Gasteiger partial charge in [0.25, 0.3) is 0 Å². The van der Waals surface area contributed by atoms with Gasteiger partial charge < -0.3 is 4.74 Å². The van der Waals surface area contributed by atoms with Crippen LogP contribution in [0.3, 0.4) is 0 Å². The highest BCUT2D eigenvalue weighted by atomic mass is 32.2. The van der Waals surface area contributed by atoms with E-state index in [9.17, 15) is 4.21 Å². The standard InChI is InChI=1S/C9H12O2S/c1-11-7-8-12(10)9-5-3-2-4-6-9/h2-6H,7-8H2,1H3/t12-/m0/s1. The number of methoxy groups -OCH3 is 1. The highest BCUT2D eigenvalue weighted by Gasteiger charge is 2.00. The van der Waals surface area contributed by atoms with E-state index in [-0.39, 0.29) is 0 Å². The van der Waals surface area contributed by atoms with Crippen LogP contribution in [0.2, 0.25) is 0 Å². The van der Waals surface area contributed by atoms with E-state index in [2.05, 4.69) is 0 Å². The zero-order chi connectivity index (χ0) is 8.81. The van der Waals surface area contributed by atoms with Gasteiger partial charge in [0, 0.05) is 12.0 Å². The Morgan fingerprint density at radius 1 is 1.33 bits per heavy atom. The second kappa shape index (κ2) is 5.06. The van der Waals surface area contributed by atoms with Crippen LogP contribution in [0.25, 0.3) is 0 Å². The molecule has 12 heavy (non-hydrogen) atoms. The van der Waals surface area contributed by atoms with Gasteiger partial charge in [0.05, 0.1) is 23.2 Å². The summed E-state index contributed by atoms with van der Waals surface area (Å²) >= 11 is 0. The van der Waals surface area contributed by atoms with Crippen molar-refractivity contribution in [2.45, 2.75) is 4.90 Å². The fraction of sp³-hybridized carbons (Fsp3) is 0.333. The van der Waals surface area contributed by atoms with Crippen molar-refractivity contribution in [2.75, 3.05) is 19.5 Å². The molecule has 2 nitrogen and oxygen atoms in total. The minimum Gasteiger partial charge on any atom is -0.384 e. The van der Waals surface area contributed by atoms with Gasteiger partial charge in [-0.2, -0.15) is 0 Å². The summed E-state index contributed by atoms with van der Waals surface area (Å²) in [5.74, 6) is 0.570. The molecule has 3 heteroatoms. The third-order valence-electron chi connectivity index (χ3n) is 1.48. The second-order valence-corrected chi connectivity index (χ2v) is 3.93. The molecule has 1 rings (SSSR count). The Morgan fingerprint density at radius 2 is 2.00 bits per heavy atom. The van der Waals surface area contributed by atoms with Gasteiger partial charge in [-0.3, -0.25) is 4.21 Å². The molecule has 0 aliphatic carbocycles. The van der Waals surface area contributed by atoms with E-state index in [0.29, 0.717) is 12.4 Å². The first-order valence-electron chi connectivity index (χ1n) is 3.77. The van der Waals surface area contributed by atoms with Gasteiger partial charge in [0.15, 0.2) is 0 Å². The van der Waals surface area contributed by atoms with Crippen LogP contribution in [0.1, 0.15) is 0 Å². The molecule has 1 atom stereocenters. The van der Waals surface area contributed by atoms with Crippen molar-refractivity contribution in [3.63, 3.8) is 0 Å². The molecule has 1 aromatic carbocycles. The van der Waals surface area contributed by atoms with E-state index < -0.39 is 10.8 Å². The van der Waals surface area contributed by atoms with Gasteiger partial charge in [-0.25, -0.2) is 0 Å². The fourth-order valence-electron chi connectivity index (χ4n) is 0.849. The van der Waals surface area contributed by atoms with Crippen LogP contribution in [0.4, 0.5) is 0 Å². The van der Waals surface area contributed by atoms with Crippen LogP contribution >= 0.6 is 0 Å². The maximum atomic E-state index is 11.4. The van der Waals surface area contributed by atoms with Crippen LogP contribution in [-0.2, 0) is 15.5 Å². The van der Waals surface area contributed by atoms with E-state index in [0.717, 1.165) is 4.90 Å². The first-order valence-corrected chi connectivity index (χ1v) is 5.09. The minimum atomic E-state index is -0.908. The van der Waals surface area contributed by atoms with E-state index in [1.165, 1.54) is 0 Å². The van der Waals surface area contributed by atoms with Crippen LogP contribution in [0.15, 0.2) is 35.2 Å². The lowest BCUT2D eigenvalue weighted by Gasteiger charge is -1.99. The van der Waals surface area contributed by atoms with Crippen LogP contribution < -0.4 is 0 Å². The second-order valence-electron chi connectivity index (χ2n) is 2.36. The highest BCUT2D eigenvalue weighted by molar-refractivity contribution is 7.85. The van der Waals surface area contributed by atoms with Gasteiger partial charge in [0.2, 0.25) is 0 Å². The third kappa shape index (κ3) is 2.75. The van der Waals surface area contributed by atoms with E-state index in [4.69, 9.17) is 4.74 Å². The van der Waals surface area contributed by atoms with Gasteiger partial charge >= 0.3 is 0 Å². The van der Waals surface area contributed by atoms with Gasteiger partial charge in [-0.15, -0.1) is 0 Å². The Balaban J connectivity index is 2.54. The molecule has 0 amide bonds. The molecule has 0 aliphatic heterocycles. The number of benzene rings is 1. The topological polar surface area (TPSA) is 26.3 Å². The molecule has 0 N–H and O–H groups in total. The zero-order valence-electron chi connectivity index (χ0n) is 7.03. The summed E-state index contributed by atoms with van der Waals surface area (Å²) in [6.07, 6.45) is 0. The SMILES string of the molecule is COCC[S@](=O)c1ccccc1. The Bertz CT molecular complexity index is 246. The maximum Gasteiger partial charge on any atom is 0.0581 e. The number of hydrogen-bond acceptors (Lipinski definition) is 2. The predicted molar refractivity (Wildman–Crippen MR) is 49.6 cm³/mol. The van der Waals surface area contributed by atoms with Gasteiger partial charge in [-0.1, -0.05) is 18.2 Å². The summed E-state index contributed by atoms with van der Waals surface area (Å²) in [5.41, 5.74) is 0. The molecule has 66 valence electrons. The van der Waals surface area contributed by atoms with E-state index >= 15 is 0 Å². The third-order valence-corrected chi connectivity index (χ3v) is 2.81. The molecule has 0 spiro atoms. The number of hydrogen-bond donors (Lipinski definition) is 0. The summed E-state index contributed by atoms with van der Waals surface area (Å²) in [4.78, 5) is 0.870. The van der Waals surface area contributed by atoms with Crippen molar-refractivity contribution in [3.05, 3.63) is 30.3 Å². The molecule has 0 aromatic heterocycles. The van der Waals surface area contributed by atoms with Crippen LogP contribution in [-0.4, -0.2) is 23.7 Å². The van der Waals surface area contributed by atoms with E-state index in [1.807, 2.05) is 30.3 Å². The number of ether oxygens (including phenoxy) is 1. The summed E-state index contributed by atoms with van der Waals surface area (Å²) in [6.45, 7) is 0.543. The van der Waals surface area contributed by atoms with Crippen LogP contribution in [0, 0.1) is 0 Å². The van der Waals surface area contributed by atoms with Crippen molar-refractivity contribution in [1.29, 1.82) is 0 Å². The number of rotatable bonds is 4. The molecule has 0 radical (unpaired) electrons. The summed E-state index contributed by atoms with van der Waals surface area (Å²) in [7, 11) is 0.705. The quantitative estimate of drug-likeness (QED) is 0.707. The lowest BCUT2D eigenvalue weighted by atomic mass is 10.4. The minimum absolute atomic E-state index is 0.543. The molecule has 0 saturated carbocycles. The molecule has 0 saturated heterocycles. The van der Waals surface area contributed by atoms with Crippen molar-refractivity contribution >= 4 is 10.8 Å². The van der Waals surface area contributed by atoms with Crippen molar-refractivity contribution < 1.29 is 8.95 Å². The first-order chi connectivity index (χ1) is 5.84. The average Bonchev–Trinajstić information content (AvgIpc) is 2.15. The van der Waals surface area contributed by atoms with Crippen molar-refractivity contribution in [2.24, 2.45) is 0 Å². The molecular weight excluding hydrogens is 172 g/mol. The lowest BCUT2D eigenvalue weighted by Crippen LogP contribution is -2.03. The Morgan fingerprint density at radius 3 is 2.58 bits per heavy atom. The monoisotopic (exact) mass is 184 g/mol. The molecule has 0 fully saturated rings. The summed E-state index contributed by atoms with van der Waals surface area (Å²) in [6, 6.07) is 9.43. The van der Waals surface area contributed by atoms with Crippen molar-refractivity contribution in [3.8, 4) is 0 Å². The zero-order valence-corrected chi connectivity index (χ0v) is 7.84. The Kier molecular flexibility index (Phi) is 3.97. The Hall–Kier alpha value is -0.670. The lowest BCUT2D eigenvalue weighted by molar-refractivity contribution is 0.218. The smallest absolute Gasteiger partial charge is 0.0581 e. The summed E-state index contributed by atoms with van der Waals surface area (Å²) < 4.78 is 16.3. The highest BCUT2D eigenvalue weighted by Crippen LogP contribution is 2.04. The van der Waals surface area contributed by atoms with Crippen molar-refractivity contribution in [1.82, 2.24) is 0 Å². The average molecular weight is 184 g/mol. The van der Waals surface area contributed by atoms with Crippen LogP contribution in [0.5, 0.6) is 0 Å². The maximum absolute atomic E-state index is 11.4. The normalized spacial score (nSPS) is 12.8. The van der Waals surface area contributed by atoms with E-state index in [1.54, 1.807) is 7.11 Å². The molecule has 0 aliphatic rings. The summed E-state index contributed by atoms with van der Waals surface area (Å²) in [5, 5.41) is 0. The molecule has 0 unspecified atom stereocenters. The molecule has 0 bridgehead atoms.